The van der Waals surface area contributed by atoms with E-state index in [4.69, 9.17) is 10.5 Å². The number of nitrogens with two attached hydrogens (primary N) is 1. The molecule has 0 radical (unpaired) electrons. The van der Waals surface area contributed by atoms with Gasteiger partial charge in [0.25, 0.3) is 0 Å². The maximum absolute atomic E-state index is 12.6. The van der Waals surface area contributed by atoms with Crippen molar-refractivity contribution in [3.05, 3.63) is 47.4 Å². The lowest BCUT2D eigenvalue weighted by Gasteiger charge is -2.12. The molecule has 2 aromatic heterocycles. The first-order valence-electron chi connectivity index (χ1n) is 9.32. The number of fused-ring (bicyclic) bond motifs is 1. The third kappa shape index (κ3) is 4.02. The highest BCUT2D eigenvalue weighted by molar-refractivity contribution is 7.91. The number of hydrogen-bond acceptors (Lipinski definition) is 6. The van der Waals surface area contributed by atoms with E-state index >= 15 is 0 Å². The van der Waals surface area contributed by atoms with Gasteiger partial charge >= 0.3 is 0 Å². The molecule has 0 atom stereocenters. The normalized spacial score (nSPS) is 12.0. The number of rotatable bonds is 8. The molecular weight excluding hydrogens is 376 g/mol. The van der Waals surface area contributed by atoms with Crippen molar-refractivity contribution in [1.82, 2.24) is 14.5 Å². The highest BCUT2D eigenvalue weighted by Gasteiger charge is 2.19. The largest absolute Gasteiger partial charge is 0.382 e. The van der Waals surface area contributed by atoms with Crippen molar-refractivity contribution >= 4 is 26.7 Å². The molecule has 2 N–H and O–H groups in total. The molecule has 0 aliphatic rings. The number of ether oxygens (including phenoxy) is 1. The minimum absolute atomic E-state index is 0.0589. The van der Waals surface area contributed by atoms with Gasteiger partial charge in [-0.25, -0.2) is 18.4 Å². The number of sulfone groups is 1. The molecular formula is C20H26N4O3S. The van der Waals surface area contributed by atoms with Crippen LogP contribution in [0.15, 0.2) is 35.2 Å². The topological polar surface area (TPSA) is 100 Å². The lowest BCUT2D eigenvalue weighted by atomic mass is 10.2. The van der Waals surface area contributed by atoms with Gasteiger partial charge in [-0.3, -0.25) is 0 Å². The Morgan fingerprint density at radius 3 is 2.54 bits per heavy atom. The lowest BCUT2D eigenvalue weighted by molar-refractivity contribution is 0.126. The Hall–Kier alpha value is -2.45. The van der Waals surface area contributed by atoms with Gasteiger partial charge in [0.05, 0.1) is 16.2 Å². The van der Waals surface area contributed by atoms with Crippen molar-refractivity contribution in [3.63, 3.8) is 0 Å². The van der Waals surface area contributed by atoms with Crippen molar-refractivity contribution in [2.75, 3.05) is 18.1 Å². The molecule has 3 rings (SSSR count). The molecule has 0 fully saturated rings. The van der Waals surface area contributed by atoms with Gasteiger partial charge in [-0.1, -0.05) is 18.2 Å². The summed E-state index contributed by atoms with van der Waals surface area (Å²) in [6, 6.07) is 8.53. The van der Waals surface area contributed by atoms with Gasteiger partial charge in [0, 0.05) is 18.8 Å². The minimum atomic E-state index is -3.33. The number of aromatic nitrogens is 3. The summed E-state index contributed by atoms with van der Waals surface area (Å²) in [6.45, 7) is 7.23. The van der Waals surface area contributed by atoms with Crippen LogP contribution in [-0.2, 0) is 27.7 Å². The summed E-state index contributed by atoms with van der Waals surface area (Å²) >= 11 is 0. The first kappa shape index (κ1) is 20.3. The van der Waals surface area contributed by atoms with Crippen LogP contribution >= 0.6 is 0 Å². The fourth-order valence-corrected chi connectivity index (χ4v) is 4.57. The smallest absolute Gasteiger partial charge is 0.178 e. The van der Waals surface area contributed by atoms with Gasteiger partial charge in [-0.2, -0.15) is 0 Å². The molecule has 8 heteroatoms. The Morgan fingerprint density at radius 1 is 1.14 bits per heavy atom. The van der Waals surface area contributed by atoms with E-state index in [0.29, 0.717) is 42.4 Å². The van der Waals surface area contributed by atoms with Crippen LogP contribution < -0.4 is 5.73 Å². The molecule has 7 nitrogen and oxygen atoms in total. The highest BCUT2D eigenvalue weighted by atomic mass is 32.2. The van der Waals surface area contributed by atoms with Gasteiger partial charge in [0.2, 0.25) is 0 Å². The predicted octanol–water partition coefficient (Wildman–Crippen LogP) is 3.03. The third-order valence-electron chi connectivity index (χ3n) is 4.81. The first-order valence-corrected chi connectivity index (χ1v) is 11.0. The zero-order valence-electron chi connectivity index (χ0n) is 16.5. The van der Waals surface area contributed by atoms with Crippen LogP contribution in [-0.4, -0.2) is 35.3 Å². The monoisotopic (exact) mass is 402 g/mol. The van der Waals surface area contributed by atoms with E-state index in [1.807, 2.05) is 25.3 Å². The molecule has 0 unspecified atom stereocenters. The van der Waals surface area contributed by atoms with Crippen LogP contribution in [0.4, 0.5) is 5.82 Å². The van der Waals surface area contributed by atoms with Gasteiger partial charge in [-0.15, -0.1) is 0 Å². The van der Waals surface area contributed by atoms with Crippen LogP contribution in [0.1, 0.15) is 30.4 Å². The molecule has 3 aromatic rings. The van der Waals surface area contributed by atoms with Gasteiger partial charge in [0.1, 0.15) is 17.9 Å². The zero-order chi connectivity index (χ0) is 20.3. The Morgan fingerprint density at radius 2 is 1.86 bits per heavy atom. The molecule has 0 aliphatic heterocycles. The number of nitrogens with zero attached hydrogens (tertiary/aromatic N) is 3. The van der Waals surface area contributed by atoms with Crippen LogP contribution in [0, 0.1) is 13.8 Å². The molecule has 0 aliphatic carbocycles. The third-order valence-corrected chi connectivity index (χ3v) is 6.62. The van der Waals surface area contributed by atoms with Crippen molar-refractivity contribution in [2.24, 2.45) is 0 Å². The average molecular weight is 403 g/mol. The molecule has 0 bridgehead atoms. The summed E-state index contributed by atoms with van der Waals surface area (Å²) in [5, 5.41) is 0. The second-order valence-corrected chi connectivity index (χ2v) is 8.82. The Bertz CT molecular complexity index is 1080. The Balaban J connectivity index is 1.91. The summed E-state index contributed by atoms with van der Waals surface area (Å²) in [4.78, 5) is 9.33. The van der Waals surface area contributed by atoms with Gasteiger partial charge in [0.15, 0.2) is 15.7 Å². The van der Waals surface area contributed by atoms with Crippen molar-refractivity contribution < 1.29 is 13.2 Å². The molecule has 0 amide bonds. The number of imidazole rings is 1. The van der Waals surface area contributed by atoms with Crippen LogP contribution in [0.25, 0.3) is 11.0 Å². The standard InChI is InChI=1S/C20H26N4O3S/c1-4-27-13-17-23-18-19(14(2)15(3)22-20(18)21)24(17)11-8-12-28(25,26)16-9-6-5-7-10-16/h5-7,9-10H,4,8,11-13H2,1-3H3,(H2,21,22). The van der Waals surface area contributed by atoms with E-state index in [1.165, 1.54) is 0 Å². The van der Waals surface area contributed by atoms with Gasteiger partial charge < -0.3 is 15.0 Å². The first-order chi connectivity index (χ1) is 13.3. The summed E-state index contributed by atoms with van der Waals surface area (Å²) in [6.07, 6.45) is 0.461. The fourth-order valence-electron chi connectivity index (χ4n) is 3.25. The summed E-state index contributed by atoms with van der Waals surface area (Å²) in [5.74, 6) is 1.17. The Labute approximate surface area is 165 Å². The van der Waals surface area contributed by atoms with E-state index in [9.17, 15) is 8.42 Å². The van der Waals surface area contributed by atoms with Crippen molar-refractivity contribution in [2.45, 2.75) is 45.2 Å². The predicted molar refractivity (Wildman–Crippen MR) is 110 cm³/mol. The van der Waals surface area contributed by atoms with Crippen LogP contribution in [0.5, 0.6) is 0 Å². The molecule has 0 saturated carbocycles. The summed E-state index contributed by atoms with van der Waals surface area (Å²) in [7, 11) is -3.33. The number of benzene rings is 1. The quantitative estimate of drug-likeness (QED) is 0.622. The zero-order valence-corrected chi connectivity index (χ0v) is 17.3. The SMILES string of the molecule is CCOCc1nc2c(N)nc(C)c(C)c2n1CCCS(=O)(=O)c1ccccc1. The Kier molecular flexibility index (Phi) is 6.00. The number of hydrogen-bond donors (Lipinski definition) is 1. The lowest BCUT2D eigenvalue weighted by Crippen LogP contribution is -2.12. The fraction of sp³-hybridized carbons (Fsp3) is 0.400. The summed E-state index contributed by atoms with van der Waals surface area (Å²) in [5.41, 5.74) is 9.46. The number of anilines is 1. The molecule has 1 aromatic carbocycles. The van der Waals surface area contributed by atoms with Crippen molar-refractivity contribution in [3.8, 4) is 0 Å². The van der Waals surface area contributed by atoms with E-state index in [-0.39, 0.29) is 5.75 Å². The number of nitrogen functional groups attached to an aromatic ring is 1. The summed E-state index contributed by atoms with van der Waals surface area (Å²) < 4.78 is 32.7. The second kappa shape index (κ2) is 8.28. The van der Waals surface area contributed by atoms with Crippen LogP contribution in [0.3, 0.4) is 0 Å². The maximum atomic E-state index is 12.6. The molecule has 28 heavy (non-hydrogen) atoms. The maximum Gasteiger partial charge on any atom is 0.178 e. The number of pyridine rings is 1. The highest BCUT2D eigenvalue weighted by Crippen LogP contribution is 2.27. The number of aryl methyl sites for hydroxylation is 3. The van der Waals surface area contributed by atoms with E-state index in [0.717, 1.165) is 22.6 Å². The van der Waals surface area contributed by atoms with E-state index in [1.54, 1.807) is 30.3 Å². The average Bonchev–Trinajstić information content (AvgIpc) is 3.04. The minimum Gasteiger partial charge on any atom is -0.382 e. The van der Waals surface area contributed by atoms with Gasteiger partial charge in [-0.05, 0) is 44.9 Å². The molecule has 2 heterocycles. The van der Waals surface area contributed by atoms with E-state index < -0.39 is 9.84 Å². The van der Waals surface area contributed by atoms with Crippen LogP contribution in [0.2, 0.25) is 0 Å². The molecule has 0 spiro atoms. The molecule has 0 saturated heterocycles. The van der Waals surface area contributed by atoms with Crippen molar-refractivity contribution in [1.29, 1.82) is 0 Å². The molecule has 150 valence electrons. The second-order valence-electron chi connectivity index (χ2n) is 6.71. The van der Waals surface area contributed by atoms with E-state index in [2.05, 4.69) is 9.97 Å².